The van der Waals surface area contributed by atoms with Crippen LogP contribution in [0.4, 0.5) is 11.4 Å². The van der Waals surface area contributed by atoms with Gasteiger partial charge >= 0.3 is 0 Å². The Labute approximate surface area is 175 Å². The summed E-state index contributed by atoms with van der Waals surface area (Å²) in [4.78, 5) is 20.3. The highest BCUT2D eigenvalue weighted by Crippen LogP contribution is 2.28. The first-order valence-electron chi connectivity index (χ1n) is 10.2. The topological polar surface area (TPSA) is 80.4 Å². The maximum absolute atomic E-state index is 11.0. The van der Waals surface area contributed by atoms with Gasteiger partial charge in [-0.15, -0.1) is 0 Å². The number of benzene rings is 2. The summed E-state index contributed by atoms with van der Waals surface area (Å²) in [6.45, 7) is 5.87. The number of nitrogens with zero attached hydrogens (tertiary/aromatic N) is 4. The highest BCUT2D eigenvalue weighted by Gasteiger charge is 2.31. The van der Waals surface area contributed by atoms with E-state index >= 15 is 0 Å². The summed E-state index contributed by atoms with van der Waals surface area (Å²) in [6.07, 6.45) is 0. The molecule has 2 aliphatic heterocycles. The molecular weight excluding hydrogens is 384 g/mol. The van der Waals surface area contributed by atoms with Gasteiger partial charge in [-0.05, 0) is 17.7 Å². The van der Waals surface area contributed by atoms with Crippen molar-refractivity contribution in [3.63, 3.8) is 0 Å². The number of morpholine rings is 2. The monoisotopic (exact) mass is 410 g/mol. The number of nitro benzene ring substituents is 1. The van der Waals surface area contributed by atoms with E-state index in [4.69, 9.17) is 14.5 Å². The molecule has 4 rings (SSSR count). The Bertz CT molecular complexity index is 860. The lowest BCUT2D eigenvalue weighted by molar-refractivity contribution is -0.384. The normalized spacial score (nSPS) is 19.5. The maximum atomic E-state index is 11.0. The van der Waals surface area contributed by atoms with Crippen LogP contribution in [-0.4, -0.2) is 73.2 Å². The van der Waals surface area contributed by atoms with Crippen LogP contribution >= 0.6 is 0 Å². The van der Waals surface area contributed by atoms with Crippen LogP contribution in [0, 0.1) is 10.1 Å². The number of nitro groups is 1. The summed E-state index contributed by atoms with van der Waals surface area (Å²) in [7, 11) is 0. The average molecular weight is 410 g/mol. The van der Waals surface area contributed by atoms with Crippen LogP contribution in [0.2, 0.25) is 0 Å². The molecule has 2 aliphatic rings. The highest BCUT2D eigenvalue weighted by atomic mass is 16.6. The zero-order valence-electron chi connectivity index (χ0n) is 16.9. The molecule has 158 valence electrons. The summed E-state index contributed by atoms with van der Waals surface area (Å²) in [5.74, 6) is 0.945. The van der Waals surface area contributed by atoms with Crippen LogP contribution in [0.1, 0.15) is 11.6 Å². The fourth-order valence-corrected chi connectivity index (χ4v) is 3.87. The van der Waals surface area contributed by atoms with E-state index in [1.54, 1.807) is 12.1 Å². The second-order valence-corrected chi connectivity index (χ2v) is 7.30. The quantitative estimate of drug-likeness (QED) is 0.326. The zero-order valence-corrected chi connectivity index (χ0v) is 16.9. The first kappa shape index (κ1) is 20.5. The molecule has 2 aromatic carbocycles. The van der Waals surface area contributed by atoms with Gasteiger partial charge in [0.25, 0.3) is 5.69 Å². The SMILES string of the molecule is O=[N+]([O-])c1ccc(N=C(C(c2ccccc2)N2CCOCC2)N2CCOCC2)cc1. The largest absolute Gasteiger partial charge is 0.379 e. The van der Waals surface area contributed by atoms with Crippen LogP contribution in [-0.2, 0) is 9.47 Å². The Kier molecular flexibility index (Phi) is 6.68. The second-order valence-electron chi connectivity index (χ2n) is 7.30. The van der Waals surface area contributed by atoms with Crippen molar-refractivity contribution < 1.29 is 14.4 Å². The van der Waals surface area contributed by atoms with Gasteiger partial charge in [-0.3, -0.25) is 15.0 Å². The molecule has 0 saturated carbocycles. The Hall–Kier alpha value is -2.81. The summed E-state index contributed by atoms with van der Waals surface area (Å²) >= 11 is 0. The van der Waals surface area contributed by atoms with Gasteiger partial charge in [0.2, 0.25) is 0 Å². The van der Waals surface area contributed by atoms with Crippen LogP contribution in [0.15, 0.2) is 59.6 Å². The molecular formula is C22H26N4O4. The summed E-state index contributed by atoms with van der Waals surface area (Å²) in [5, 5.41) is 11.0. The number of amidine groups is 1. The van der Waals surface area contributed by atoms with Crippen molar-refractivity contribution in [2.45, 2.75) is 6.04 Å². The van der Waals surface area contributed by atoms with Crippen molar-refractivity contribution in [1.82, 2.24) is 9.80 Å². The molecule has 0 bridgehead atoms. The summed E-state index contributed by atoms with van der Waals surface area (Å²) in [6, 6.07) is 16.8. The molecule has 0 amide bonds. The predicted molar refractivity (Wildman–Crippen MR) is 114 cm³/mol. The van der Waals surface area contributed by atoms with Crippen LogP contribution < -0.4 is 0 Å². The molecule has 1 unspecified atom stereocenters. The fourth-order valence-electron chi connectivity index (χ4n) is 3.87. The van der Waals surface area contributed by atoms with Gasteiger partial charge in [0.1, 0.15) is 5.84 Å². The third-order valence-electron chi connectivity index (χ3n) is 5.41. The van der Waals surface area contributed by atoms with Crippen LogP contribution in [0.3, 0.4) is 0 Å². The Morgan fingerprint density at radius 3 is 2.10 bits per heavy atom. The fraction of sp³-hybridized carbons (Fsp3) is 0.409. The van der Waals surface area contributed by atoms with Gasteiger partial charge in [0, 0.05) is 38.3 Å². The lowest BCUT2D eigenvalue weighted by atomic mass is 10.0. The third-order valence-corrected chi connectivity index (χ3v) is 5.41. The molecule has 0 spiro atoms. The second kappa shape index (κ2) is 9.80. The smallest absolute Gasteiger partial charge is 0.269 e. The molecule has 8 heteroatoms. The Balaban J connectivity index is 1.75. The minimum absolute atomic E-state index is 0.0246. The molecule has 1 atom stereocenters. The minimum Gasteiger partial charge on any atom is -0.379 e. The van der Waals surface area contributed by atoms with E-state index in [2.05, 4.69) is 21.9 Å². The van der Waals surface area contributed by atoms with Gasteiger partial charge in [0.15, 0.2) is 0 Å². The van der Waals surface area contributed by atoms with E-state index in [1.165, 1.54) is 17.7 Å². The zero-order chi connectivity index (χ0) is 20.8. The minimum atomic E-state index is -0.392. The van der Waals surface area contributed by atoms with Crippen molar-refractivity contribution in [3.8, 4) is 0 Å². The van der Waals surface area contributed by atoms with E-state index in [1.807, 2.05) is 18.2 Å². The van der Waals surface area contributed by atoms with Crippen LogP contribution in [0.5, 0.6) is 0 Å². The number of aliphatic imine (C=N–C) groups is 1. The average Bonchev–Trinajstić information content (AvgIpc) is 2.81. The molecule has 2 saturated heterocycles. The van der Waals surface area contributed by atoms with Gasteiger partial charge in [-0.2, -0.15) is 0 Å². The number of hydrogen-bond acceptors (Lipinski definition) is 6. The molecule has 8 nitrogen and oxygen atoms in total. The van der Waals surface area contributed by atoms with Gasteiger partial charge in [-0.1, -0.05) is 30.3 Å². The molecule has 2 heterocycles. The van der Waals surface area contributed by atoms with E-state index in [-0.39, 0.29) is 11.7 Å². The lowest BCUT2D eigenvalue weighted by Gasteiger charge is -2.40. The van der Waals surface area contributed by atoms with E-state index in [0.717, 1.165) is 32.0 Å². The number of non-ortho nitro benzene ring substituents is 1. The summed E-state index contributed by atoms with van der Waals surface area (Å²) < 4.78 is 11.2. The lowest BCUT2D eigenvalue weighted by Crippen LogP contribution is -2.50. The van der Waals surface area contributed by atoms with Gasteiger partial charge in [-0.25, -0.2) is 4.99 Å². The highest BCUT2D eigenvalue weighted by molar-refractivity contribution is 5.91. The first-order valence-corrected chi connectivity index (χ1v) is 10.2. The number of rotatable bonds is 5. The maximum Gasteiger partial charge on any atom is 0.269 e. The molecule has 30 heavy (non-hydrogen) atoms. The Morgan fingerprint density at radius 1 is 0.900 bits per heavy atom. The van der Waals surface area contributed by atoms with Gasteiger partial charge < -0.3 is 14.4 Å². The van der Waals surface area contributed by atoms with Crippen molar-refractivity contribution in [2.24, 2.45) is 4.99 Å². The number of ether oxygens (including phenoxy) is 2. The van der Waals surface area contributed by atoms with E-state index < -0.39 is 4.92 Å². The molecule has 0 aliphatic carbocycles. The summed E-state index contributed by atoms with van der Waals surface area (Å²) in [5.41, 5.74) is 1.94. The van der Waals surface area contributed by atoms with Crippen molar-refractivity contribution in [2.75, 3.05) is 52.6 Å². The molecule has 0 N–H and O–H groups in total. The van der Waals surface area contributed by atoms with Crippen molar-refractivity contribution in [1.29, 1.82) is 0 Å². The Morgan fingerprint density at radius 2 is 1.50 bits per heavy atom. The molecule has 2 aromatic rings. The third kappa shape index (κ3) is 4.84. The van der Waals surface area contributed by atoms with Crippen LogP contribution in [0.25, 0.3) is 0 Å². The number of hydrogen-bond donors (Lipinski definition) is 0. The van der Waals surface area contributed by atoms with Crippen molar-refractivity contribution >= 4 is 17.2 Å². The van der Waals surface area contributed by atoms with Gasteiger partial charge in [0.05, 0.1) is 43.1 Å². The molecule has 2 fully saturated rings. The molecule has 0 aromatic heterocycles. The van der Waals surface area contributed by atoms with Crippen molar-refractivity contribution in [3.05, 3.63) is 70.3 Å². The first-order chi connectivity index (χ1) is 14.7. The predicted octanol–water partition coefficient (Wildman–Crippen LogP) is 3.03. The van der Waals surface area contributed by atoms with E-state index in [0.29, 0.717) is 32.1 Å². The standard InChI is InChI=1S/C22H26N4O4/c27-26(28)20-8-6-19(7-9-20)23-22(25-12-16-30-17-13-25)21(18-4-2-1-3-5-18)24-10-14-29-15-11-24/h1-9,21H,10-17H2. The van der Waals surface area contributed by atoms with E-state index in [9.17, 15) is 10.1 Å². The molecule has 0 radical (unpaired) electrons.